The average Bonchev–Trinajstić information content (AvgIpc) is 3.30. The number of hydrogen-bond acceptors (Lipinski definition) is 5. The van der Waals surface area contributed by atoms with Crippen molar-refractivity contribution in [1.82, 2.24) is 15.2 Å². The van der Waals surface area contributed by atoms with E-state index in [4.69, 9.17) is 0 Å². The highest BCUT2D eigenvalue weighted by Crippen LogP contribution is 2.25. The largest absolute Gasteiger partial charge is 0.325 e. The zero-order chi connectivity index (χ0) is 22.7. The molecule has 1 atom stereocenters. The van der Waals surface area contributed by atoms with Crippen LogP contribution in [0.1, 0.15) is 23.9 Å². The van der Waals surface area contributed by atoms with Gasteiger partial charge in [0.15, 0.2) is 0 Å². The summed E-state index contributed by atoms with van der Waals surface area (Å²) in [5.74, 6) is -0.819. The van der Waals surface area contributed by atoms with Crippen molar-refractivity contribution in [3.8, 4) is 11.3 Å². The molecular weight excluding hydrogens is 424 g/mol. The van der Waals surface area contributed by atoms with Crippen LogP contribution in [0.25, 0.3) is 11.3 Å². The number of nitrogens with zero attached hydrogens (tertiary/aromatic N) is 2. The van der Waals surface area contributed by atoms with E-state index in [0.29, 0.717) is 18.5 Å². The molecule has 1 aliphatic heterocycles. The van der Waals surface area contributed by atoms with Crippen molar-refractivity contribution < 1.29 is 14.4 Å². The van der Waals surface area contributed by atoms with Crippen molar-refractivity contribution in [3.63, 3.8) is 0 Å². The minimum Gasteiger partial charge on any atom is -0.325 e. The second-order valence-corrected chi connectivity index (χ2v) is 9.08. The van der Waals surface area contributed by atoms with E-state index in [9.17, 15) is 14.4 Å². The molecule has 1 saturated heterocycles. The molecule has 164 valence electrons. The van der Waals surface area contributed by atoms with Crippen molar-refractivity contribution in [2.75, 3.05) is 11.9 Å². The second-order valence-electron chi connectivity index (χ2n) is 8.02. The van der Waals surface area contributed by atoms with Gasteiger partial charge in [0.05, 0.1) is 10.7 Å². The molecule has 0 aliphatic carbocycles. The summed E-state index contributed by atoms with van der Waals surface area (Å²) in [5, 5.41) is 8.47. The predicted molar refractivity (Wildman–Crippen MR) is 124 cm³/mol. The first-order chi connectivity index (χ1) is 15.3. The van der Waals surface area contributed by atoms with Gasteiger partial charge in [0.25, 0.3) is 5.91 Å². The highest BCUT2D eigenvalue weighted by Gasteiger charge is 2.47. The molecule has 1 aliphatic rings. The van der Waals surface area contributed by atoms with Gasteiger partial charge in [-0.05, 0) is 44.4 Å². The zero-order valence-corrected chi connectivity index (χ0v) is 18.7. The lowest BCUT2D eigenvalue weighted by atomic mass is 9.93. The molecule has 0 bridgehead atoms. The predicted octanol–water partition coefficient (Wildman–Crippen LogP) is 4.00. The number of benzene rings is 2. The van der Waals surface area contributed by atoms with Gasteiger partial charge in [0, 0.05) is 16.6 Å². The monoisotopic (exact) mass is 448 g/mol. The molecule has 2 N–H and O–H groups in total. The van der Waals surface area contributed by atoms with Crippen molar-refractivity contribution in [3.05, 3.63) is 70.5 Å². The van der Waals surface area contributed by atoms with Crippen LogP contribution in [0.2, 0.25) is 0 Å². The Labute approximate surface area is 190 Å². The molecule has 4 rings (SSSR count). The van der Waals surface area contributed by atoms with E-state index in [-0.39, 0.29) is 12.5 Å². The van der Waals surface area contributed by atoms with Crippen LogP contribution < -0.4 is 10.6 Å². The Hall–Kier alpha value is -3.52. The van der Waals surface area contributed by atoms with Gasteiger partial charge in [-0.1, -0.05) is 42.5 Å². The average molecular weight is 449 g/mol. The number of nitrogens with one attached hydrogen (secondary N) is 2. The molecule has 0 spiro atoms. The molecule has 2 aromatic carbocycles. The molecular formula is C24H24N4O3S. The molecule has 8 heteroatoms. The summed E-state index contributed by atoms with van der Waals surface area (Å²) in [5.41, 5.74) is 2.49. The maximum atomic E-state index is 12.9. The summed E-state index contributed by atoms with van der Waals surface area (Å²) in [6.45, 7) is 3.32. The van der Waals surface area contributed by atoms with Crippen LogP contribution in [-0.4, -0.2) is 39.8 Å². The van der Waals surface area contributed by atoms with Crippen LogP contribution in [0, 0.1) is 6.92 Å². The summed E-state index contributed by atoms with van der Waals surface area (Å²) >= 11 is 1.58. The molecule has 32 heavy (non-hydrogen) atoms. The molecule has 2 heterocycles. The molecule has 1 fully saturated rings. The third-order valence-corrected chi connectivity index (χ3v) is 6.26. The summed E-state index contributed by atoms with van der Waals surface area (Å²) in [7, 11) is 0. The lowest BCUT2D eigenvalue weighted by Crippen LogP contribution is -2.45. The normalized spacial score (nSPS) is 18.0. The van der Waals surface area contributed by atoms with Crippen LogP contribution in [-0.2, 0) is 16.0 Å². The van der Waals surface area contributed by atoms with Gasteiger partial charge in [-0.15, -0.1) is 11.3 Å². The first kappa shape index (κ1) is 21.7. The Bertz CT molecular complexity index is 1140. The second kappa shape index (κ2) is 8.92. The number of urea groups is 1. The molecule has 1 unspecified atom stereocenters. The van der Waals surface area contributed by atoms with Gasteiger partial charge >= 0.3 is 6.03 Å². The smallest absolute Gasteiger partial charge is 0.325 e. The molecule has 1 aromatic heterocycles. The molecule has 3 aromatic rings. The molecule has 7 nitrogen and oxygen atoms in total. The van der Waals surface area contributed by atoms with Gasteiger partial charge < -0.3 is 10.6 Å². The van der Waals surface area contributed by atoms with Gasteiger partial charge in [-0.2, -0.15) is 0 Å². The van der Waals surface area contributed by atoms with Crippen molar-refractivity contribution >= 4 is 34.9 Å². The van der Waals surface area contributed by atoms with E-state index in [2.05, 4.69) is 15.6 Å². The van der Waals surface area contributed by atoms with Crippen molar-refractivity contribution in [1.29, 1.82) is 0 Å². The van der Waals surface area contributed by atoms with Crippen LogP contribution in [0.5, 0.6) is 0 Å². The SMILES string of the molecule is Cc1nc(-c2ccc(NC(=O)CN3C(=O)NC(C)(CCc4ccccc4)C3=O)cc2)cs1. The Morgan fingerprint density at radius 2 is 1.84 bits per heavy atom. The number of carbonyl (C=O) groups is 3. The van der Waals surface area contributed by atoms with E-state index in [1.54, 1.807) is 30.4 Å². The number of anilines is 1. The summed E-state index contributed by atoms with van der Waals surface area (Å²) in [6, 6.07) is 16.5. The van der Waals surface area contributed by atoms with Crippen LogP contribution >= 0.6 is 11.3 Å². The van der Waals surface area contributed by atoms with Gasteiger partial charge in [-0.25, -0.2) is 9.78 Å². The van der Waals surface area contributed by atoms with Gasteiger partial charge in [0.2, 0.25) is 5.91 Å². The van der Waals surface area contributed by atoms with Gasteiger partial charge in [0.1, 0.15) is 12.1 Å². The Kier molecular flexibility index (Phi) is 6.05. The first-order valence-corrected chi connectivity index (χ1v) is 11.2. The van der Waals surface area contributed by atoms with E-state index < -0.39 is 17.5 Å². The highest BCUT2D eigenvalue weighted by molar-refractivity contribution is 7.09. The number of aromatic nitrogens is 1. The zero-order valence-electron chi connectivity index (χ0n) is 17.9. The Morgan fingerprint density at radius 3 is 2.50 bits per heavy atom. The number of imide groups is 1. The number of hydrogen-bond donors (Lipinski definition) is 2. The summed E-state index contributed by atoms with van der Waals surface area (Å²) in [4.78, 5) is 43.3. The molecule has 0 saturated carbocycles. The fourth-order valence-electron chi connectivity index (χ4n) is 3.66. The first-order valence-electron chi connectivity index (χ1n) is 10.3. The third kappa shape index (κ3) is 4.70. The third-order valence-electron chi connectivity index (χ3n) is 5.49. The standard InChI is InChI=1S/C24H24N4O3S/c1-16-25-20(15-32-16)18-8-10-19(11-9-18)26-21(29)14-28-22(30)24(2,27-23(28)31)13-12-17-6-4-3-5-7-17/h3-11,15H,12-14H2,1-2H3,(H,26,29)(H,27,31). The molecule has 4 amide bonds. The maximum absolute atomic E-state index is 12.9. The number of aryl methyl sites for hydroxylation is 2. The minimum absolute atomic E-state index is 0.335. The maximum Gasteiger partial charge on any atom is 0.325 e. The fourth-order valence-corrected chi connectivity index (χ4v) is 4.29. The van der Waals surface area contributed by atoms with Crippen molar-refractivity contribution in [2.24, 2.45) is 0 Å². The lowest BCUT2D eigenvalue weighted by Gasteiger charge is -2.21. The fraction of sp³-hybridized carbons (Fsp3) is 0.250. The van der Waals surface area contributed by atoms with E-state index in [0.717, 1.165) is 26.7 Å². The van der Waals surface area contributed by atoms with Crippen molar-refractivity contribution in [2.45, 2.75) is 32.2 Å². The summed E-state index contributed by atoms with van der Waals surface area (Å²) < 4.78 is 0. The quantitative estimate of drug-likeness (QED) is 0.535. The number of thiazole rings is 1. The van der Waals surface area contributed by atoms with E-state index >= 15 is 0 Å². The van der Waals surface area contributed by atoms with E-state index in [1.807, 2.05) is 54.8 Å². The summed E-state index contributed by atoms with van der Waals surface area (Å²) in [6.07, 6.45) is 1.10. The minimum atomic E-state index is -1.03. The number of rotatable bonds is 7. The van der Waals surface area contributed by atoms with Gasteiger partial charge in [-0.3, -0.25) is 14.5 Å². The van der Waals surface area contributed by atoms with Crippen LogP contribution in [0.4, 0.5) is 10.5 Å². The Balaban J connectivity index is 1.35. The highest BCUT2D eigenvalue weighted by atomic mass is 32.1. The number of carbonyl (C=O) groups excluding carboxylic acids is 3. The molecule has 0 radical (unpaired) electrons. The Morgan fingerprint density at radius 1 is 1.12 bits per heavy atom. The number of amides is 4. The van der Waals surface area contributed by atoms with Crippen LogP contribution in [0.3, 0.4) is 0 Å². The van der Waals surface area contributed by atoms with Crippen LogP contribution in [0.15, 0.2) is 60.0 Å². The van der Waals surface area contributed by atoms with E-state index in [1.165, 1.54) is 0 Å². The lowest BCUT2D eigenvalue weighted by molar-refractivity contribution is -0.133. The topological polar surface area (TPSA) is 91.4 Å².